The summed E-state index contributed by atoms with van der Waals surface area (Å²) in [4.78, 5) is 0. The minimum Gasteiger partial charge on any atom is -0.380 e. The number of benzene rings is 1. The van der Waals surface area contributed by atoms with Gasteiger partial charge in [0.1, 0.15) is 0 Å². The summed E-state index contributed by atoms with van der Waals surface area (Å²) in [6.07, 6.45) is 10.0. The summed E-state index contributed by atoms with van der Waals surface area (Å²) in [5, 5.41) is 0. The first-order valence-electron chi connectivity index (χ1n) is 10.3. The van der Waals surface area contributed by atoms with Gasteiger partial charge in [-0.1, -0.05) is 82.7 Å². The molecule has 148 valence electrons. The molecule has 1 aliphatic heterocycles. The zero-order valence-corrected chi connectivity index (χ0v) is 17.3. The highest BCUT2D eigenvalue weighted by molar-refractivity contribution is 5.21. The number of methoxy groups -OCH3 is 2. The van der Waals surface area contributed by atoms with E-state index < -0.39 is 5.79 Å². The van der Waals surface area contributed by atoms with Crippen LogP contribution in [0.25, 0.3) is 0 Å². The second-order valence-corrected chi connectivity index (χ2v) is 8.20. The molecule has 1 aromatic rings. The molecule has 0 radical (unpaired) electrons. The van der Waals surface area contributed by atoms with E-state index in [4.69, 9.17) is 14.2 Å². The first kappa shape index (κ1) is 21.4. The molecule has 1 unspecified atom stereocenters. The Balaban J connectivity index is 2.11. The topological polar surface area (TPSA) is 27.7 Å². The van der Waals surface area contributed by atoms with E-state index in [-0.39, 0.29) is 5.41 Å². The van der Waals surface area contributed by atoms with Crippen LogP contribution in [0.1, 0.15) is 70.8 Å². The lowest BCUT2D eigenvalue weighted by Gasteiger charge is -2.46. The summed E-state index contributed by atoms with van der Waals surface area (Å²) in [7, 11) is 3.56. The Hall–Kier alpha value is -0.900. The van der Waals surface area contributed by atoms with Crippen molar-refractivity contribution in [3.8, 4) is 0 Å². The van der Waals surface area contributed by atoms with Crippen LogP contribution in [0.3, 0.4) is 0 Å². The average molecular weight is 363 g/mol. The van der Waals surface area contributed by atoms with Crippen molar-refractivity contribution in [2.45, 2.75) is 71.0 Å². The van der Waals surface area contributed by atoms with Crippen molar-refractivity contribution < 1.29 is 14.2 Å². The number of ether oxygens (including phenoxy) is 3. The highest BCUT2D eigenvalue weighted by Crippen LogP contribution is 2.45. The monoisotopic (exact) mass is 362 g/mol. The van der Waals surface area contributed by atoms with Gasteiger partial charge in [0.2, 0.25) is 0 Å². The van der Waals surface area contributed by atoms with E-state index in [2.05, 4.69) is 38.1 Å². The average Bonchev–Trinajstić information content (AvgIpc) is 2.65. The normalized spacial score (nSPS) is 17.7. The lowest BCUT2D eigenvalue weighted by Crippen LogP contribution is -2.47. The summed E-state index contributed by atoms with van der Waals surface area (Å²) in [6, 6.07) is 10.4. The third-order valence-corrected chi connectivity index (χ3v) is 5.87. The number of hydrogen-bond acceptors (Lipinski definition) is 3. The summed E-state index contributed by atoms with van der Waals surface area (Å²) in [5.74, 6) is -0.358. The van der Waals surface area contributed by atoms with E-state index >= 15 is 0 Å². The summed E-state index contributed by atoms with van der Waals surface area (Å²) < 4.78 is 17.7. The predicted octanol–water partition coefficient (Wildman–Crippen LogP) is 5.93. The number of rotatable bonds is 13. The van der Waals surface area contributed by atoms with Gasteiger partial charge >= 0.3 is 0 Å². The molecule has 0 amide bonds. The Labute approximate surface area is 160 Å². The van der Waals surface area contributed by atoms with Gasteiger partial charge in [-0.2, -0.15) is 0 Å². The molecule has 0 spiro atoms. The van der Waals surface area contributed by atoms with Crippen molar-refractivity contribution >= 4 is 0 Å². The minimum absolute atomic E-state index is 0.240. The van der Waals surface area contributed by atoms with E-state index in [1.165, 1.54) is 38.5 Å². The van der Waals surface area contributed by atoms with Crippen LogP contribution in [0.2, 0.25) is 0 Å². The molecule has 1 atom stereocenters. The van der Waals surface area contributed by atoms with Gasteiger partial charge in [-0.25, -0.2) is 0 Å². The van der Waals surface area contributed by atoms with Gasteiger partial charge in [-0.15, -0.1) is 0 Å². The van der Waals surface area contributed by atoms with Crippen LogP contribution in [0.15, 0.2) is 30.3 Å². The molecule has 1 aliphatic rings. The van der Waals surface area contributed by atoms with Crippen molar-refractivity contribution in [1.29, 1.82) is 0 Å². The van der Waals surface area contributed by atoms with Gasteiger partial charge in [0, 0.05) is 31.1 Å². The van der Waals surface area contributed by atoms with Gasteiger partial charge in [0.15, 0.2) is 5.79 Å². The smallest absolute Gasteiger partial charge is 0.197 e. The zero-order valence-electron chi connectivity index (χ0n) is 17.3. The first-order chi connectivity index (χ1) is 12.6. The van der Waals surface area contributed by atoms with Crippen LogP contribution in [-0.4, -0.2) is 27.4 Å². The summed E-state index contributed by atoms with van der Waals surface area (Å²) in [5.41, 5.74) is 1.36. The highest BCUT2D eigenvalue weighted by atomic mass is 16.7. The summed E-state index contributed by atoms with van der Waals surface area (Å²) >= 11 is 0. The zero-order chi connectivity index (χ0) is 18.9. The molecule has 3 heteroatoms. The van der Waals surface area contributed by atoms with E-state index in [0.717, 1.165) is 31.6 Å². The molecule has 1 heterocycles. The Bertz CT molecular complexity index is 491. The Morgan fingerprint density at radius 1 is 1.00 bits per heavy atom. The second-order valence-electron chi connectivity index (χ2n) is 8.20. The second kappa shape index (κ2) is 10.4. The van der Waals surface area contributed by atoms with Gasteiger partial charge in [-0.3, -0.25) is 0 Å². The molecule has 1 saturated heterocycles. The fourth-order valence-electron chi connectivity index (χ4n) is 4.32. The molecule has 0 saturated carbocycles. The van der Waals surface area contributed by atoms with Crippen LogP contribution < -0.4 is 0 Å². The van der Waals surface area contributed by atoms with Crippen molar-refractivity contribution in [1.82, 2.24) is 0 Å². The highest BCUT2D eigenvalue weighted by Gasteiger charge is 2.46. The van der Waals surface area contributed by atoms with Crippen LogP contribution in [0.5, 0.6) is 0 Å². The molecule has 1 fully saturated rings. The van der Waals surface area contributed by atoms with Crippen molar-refractivity contribution in [2.75, 3.05) is 27.4 Å². The van der Waals surface area contributed by atoms with Gasteiger partial charge in [0.05, 0.1) is 13.2 Å². The minimum atomic E-state index is -0.677. The quantitative estimate of drug-likeness (QED) is 0.322. The van der Waals surface area contributed by atoms with E-state index in [1.807, 2.05) is 6.07 Å². The van der Waals surface area contributed by atoms with Crippen molar-refractivity contribution in [2.24, 2.45) is 11.3 Å². The van der Waals surface area contributed by atoms with E-state index in [1.54, 1.807) is 14.2 Å². The van der Waals surface area contributed by atoms with Crippen LogP contribution in [-0.2, 0) is 20.0 Å². The SMILES string of the molecule is CCCCCCCCC(CC1(C)COC1)C(OC)(OC)c1ccccc1. The van der Waals surface area contributed by atoms with Gasteiger partial charge in [-0.05, 0) is 12.8 Å². The molecule has 2 rings (SSSR count). The fourth-order valence-corrected chi connectivity index (χ4v) is 4.32. The third-order valence-electron chi connectivity index (χ3n) is 5.87. The maximum absolute atomic E-state index is 6.08. The predicted molar refractivity (Wildman–Crippen MR) is 107 cm³/mol. The number of unbranched alkanes of at least 4 members (excludes halogenated alkanes) is 5. The Kier molecular flexibility index (Phi) is 8.59. The molecule has 1 aromatic carbocycles. The van der Waals surface area contributed by atoms with E-state index in [0.29, 0.717) is 5.92 Å². The van der Waals surface area contributed by atoms with Crippen molar-refractivity contribution in [3.63, 3.8) is 0 Å². The largest absolute Gasteiger partial charge is 0.380 e. The lowest BCUT2D eigenvalue weighted by atomic mass is 9.73. The molecule has 0 bridgehead atoms. The van der Waals surface area contributed by atoms with Gasteiger partial charge < -0.3 is 14.2 Å². The number of hydrogen-bond donors (Lipinski definition) is 0. The van der Waals surface area contributed by atoms with Gasteiger partial charge in [0.25, 0.3) is 0 Å². The molecule has 3 nitrogen and oxygen atoms in total. The van der Waals surface area contributed by atoms with E-state index in [9.17, 15) is 0 Å². The third kappa shape index (κ3) is 5.31. The summed E-state index contributed by atoms with van der Waals surface area (Å²) in [6.45, 7) is 6.28. The van der Waals surface area contributed by atoms with Crippen LogP contribution >= 0.6 is 0 Å². The molecule has 0 N–H and O–H groups in total. The molecular weight excluding hydrogens is 324 g/mol. The lowest BCUT2D eigenvalue weighted by molar-refractivity contribution is -0.264. The van der Waals surface area contributed by atoms with Crippen LogP contribution in [0.4, 0.5) is 0 Å². The molecule has 0 aromatic heterocycles. The Morgan fingerprint density at radius 3 is 2.15 bits per heavy atom. The Morgan fingerprint density at radius 2 is 1.62 bits per heavy atom. The molecule has 0 aliphatic carbocycles. The maximum Gasteiger partial charge on any atom is 0.197 e. The standard InChI is InChI=1S/C23H38O3/c1-5-6-7-8-9-11-16-21(17-22(2)18-26-19-22)23(24-3,25-4)20-14-12-10-13-15-20/h10,12-15,21H,5-9,11,16-19H2,1-4H3. The maximum atomic E-state index is 6.08. The fraction of sp³-hybridized carbons (Fsp3) is 0.739. The van der Waals surface area contributed by atoms with Crippen molar-refractivity contribution in [3.05, 3.63) is 35.9 Å². The van der Waals surface area contributed by atoms with Crippen LogP contribution in [0, 0.1) is 11.3 Å². The molecular formula is C23H38O3. The first-order valence-corrected chi connectivity index (χ1v) is 10.3. The molecule has 26 heavy (non-hydrogen) atoms.